The number of hydrogen-bond donors (Lipinski definition) is 2. The zero-order chi connectivity index (χ0) is 12.8. The Hall–Kier alpha value is -1.95. The minimum atomic E-state index is -0.945. The number of carbonyl (C=O) groups is 1. The second kappa shape index (κ2) is 5.95. The maximum atomic E-state index is 11.1. The van der Waals surface area contributed by atoms with E-state index in [1.54, 1.807) is 12.1 Å². The largest absolute Gasteiger partial charge is 0.478 e. The summed E-state index contributed by atoms with van der Waals surface area (Å²) >= 11 is 0. The fraction of sp³-hybridized carbons (Fsp3) is 0.357. The van der Waals surface area contributed by atoms with Crippen LogP contribution in [0.2, 0.25) is 0 Å². The Morgan fingerprint density at radius 3 is 2.82 bits per heavy atom. The Kier molecular flexibility index (Phi) is 4.59. The lowest BCUT2D eigenvalue weighted by Gasteiger charge is -2.16. The minimum absolute atomic E-state index is 0.125. The van der Waals surface area contributed by atoms with Crippen LogP contribution in [0.4, 0.5) is 5.69 Å². The molecule has 1 unspecified atom stereocenters. The molecule has 0 spiro atoms. The average Bonchev–Trinajstić information content (AvgIpc) is 2.28. The molecule has 0 aliphatic heterocycles. The highest BCUT2D eigenvalue weighted by Crippen LogP contribution is 2.19. The van der Waals surface area contributed by atoms with Gasteiger partial charge in [0.25, 0.3) is 0 Å². The highest BCUT2D eigenvalue weighted by molar-refractivity contribution is 5.94. The molecule has 1 rings (SSSR count). The van der Waals surface area contributed by atoms with Crippen molar-refractivity contribution in [3.63, 3.8) is 0 Å². The van der Waals surface area contributed by atoms with Gasteiger partial charge in [0.15, 0.2) is 0 Å². The predicted molar refractivity (Wildman–Crippen MR) is 69.3 cm³/mol. The first kappa shape index (κ1) is 13.1. The van der Waals surface area contributed by atoms with Gasteiger partial charge >= 0.3 is 5.97 Å². The van der Waals surface area contributed by atoms with Gasteiger partial charge in [0.1, 0.15) is 0 Å². The summed E-state index contributed by atoms with van der Waals surface area (Å²) in [6.07, 6.45) is 7.19. The van der Waals surface area contributed by atoms with Crippen molar-refractivity contribution in [3.8, 4) is 12.3 Å². The van der Waals surface area contributed by atoms with Crippen molar-refractivity contribution >= 4 is 11.7 Å². The van der Waals surface area contributed by atoms with Crippen LogP contribution < -0.4 is 5.32 Å². The van der Waals surface area contributed by atoms with Crippen LogP contribution in [0.15, 0.2) is 18.2 Å². The number of anilines is 1. The SMILES string of the molecule is C#CC(CCC)Nc1cc(C)ccc1C(=O)O. The van der Waals surface area contributed by atoms with Crippen molar-refractivity contribution in [3.05, 3.63) is 29.3 Å². The second-order valence-electron chi connectivity index (χ2n) is 4.01. The maximum absolute atomic E-state index is 11.1. The number of nitrogens with one attached hydrogen (secondary N) is 1. The number of aryl methyl sites for hydroxylation is 1. The van der Waals surface area contributed by atoms with E-state index in [1.807, 2.05) is 19.9 Å². The average molecular weight is 231 g/mol. The highest BCUT2D eigenvalue weighted by Gasteiger charge is 2.12. The van der Waals surface area contributed by atoms with Crippen LogP contribution in [0.1, 0.15) is 35.7 Å². The van der Waals surface area contributed by atoms with E-state index in [-0.39, 0.29) is 11.6 Å². The van der Waals surface area contributed by atoms with Crippen LogP contribution in [-0.2, 0) is 0 Å². The van der Waals surface area contributed by atoms with Crippen molar-refractivity contribution < 1.29 is 9.90 Å². The Labute approximate surface area is 102 Å². The molecule has 0 amide bonds. The normalized spacial score (nSPS) is 11.6. The van der Waals surface area contributed by atoms with Crippen LogP contribution in [0.5, 0.6) is 0 Å². The number of hydrogen-bond acceptors (Lipinski definition) is 2. The van der Waals surface area contributed by atoms with Gasteiger partial charge in [0.05, 0.1) is 11.6 Å². The van der Waals surface area contributed by atoms with Gasteiger partial charge < -0.3 is 10.4 Å². The molecule has 90 valence electrons. The Balaban J connectivity index is 2.99. The van der Waals surface area contributed by atoms with E-state index in [4.69, 9.17) is 11.5 Å². The lowest BCUT2D eigenvalue weighted by molar-refractivity contribution is 0.0698. The summed E-state index contributed by atoms with van der Waals surface area (Å²) < 4.78 is 0. The van der Waals surface area contributed by atoms with Gasteiger partial charge in [0, 0.05) is 5.69 Å². The van der Waals surface area contributed by atoms with Crippen LogP contribution >= 0.6 is 0 Å². The molecule has 0 radical (unpaired) electrons. The van der Waals surface area contributed by atoms with Crippen molar-refractivity contribution in [1.29, 1.82) is 0 Å². The standard InChI is InChI=1S/C14H17NO2/c1-4-6-11(5-2)15-13-9-10(3)7-8-12(13)14(16)17/h2,7-9,11,15H,4,6H2,1,3H3,(H,16,17). The number of rotatable bonds is 5. The third-order valence-electron chi connectivity index (χ3n) is 2.51. The van der Waals surface area contributed by atoms with Gasteiger partial charge in [0.2, 0.25) is 0 Å². The lowest BCUT2D eigenvalue weighted by Crippen LogP contribution is -2.18. The summed E-state index contributed by atoms with van der Waals surface area (Å²) in [6, 6.07) is 5.06. The number of terminal acetylenes is 1. The van der Waals surface area contributed by atoms with Crippen LogP contribution in [0.25, 0.3) is 0 Å². The number of benzene rings is 1. The summed E-state index contributed by atoms with van der Waals surface area (Å²) in [7, 11) is 0. The zero-order valence-corrected chi connectivity index (χ0v) is 10.2. The van der Waals surface area contributed by atoms with Gasteiger partial charge in [-0.25, -0.2) is 4.79 Å². The summed E-state index contributed by atoms with van der Waals surface area (Å²) in [5.74, 6) is 1.69. The number of carboxylic acid groups (broad SMARTS) is 1. The maximum Gasteiger partial charge on any atom is 0.337 e. The summed E-state index contributed by atoms with van der Waals surface area (Å²) in [5, 5.41) is 12.2. The fourth-order valence-corrected chi connectivity index (χ4v) is 1.64. The third-order valence-corrected chi connectivity index (χ3v) is 2.51. The molecule has 0 aromatic heterocycles. The van der Waals surface area contributed by atoms with Gasteiger partial charge in [-0.15, -0.1) is 6.42 Å². The molecule has 0 saturated carbocycles. The van der Waals surface area contributed by atoms with Crippen LogP contribution in [-0.4, -0.2) is 17.1 Å². The first-order chi connectivity index (χ1) is 8.08. The summed E-state index contributed by atoms with van der Waals surface area (Å²) in [4.78, 5) is 11.1. The van der Waals surface area contributed by atoms with Crippen molar-refractivity contribution in [2.45, 2.75) is 32.7 Å². The molecule has 0 heterocycles. The molecule has 0 fully saturated rings. The Morgan fingerprint density at radius 1 is 1.59 bits per heavy atom. The summed E-state index contributed by atoms with van der Waals surface area (Å²) in [6.45, 7) is 3.96. The van der Waals surface area contributed by atoms with Crippen LogP contribution in [0, 0.1) is 19.3 Å². The molecule has 1 atom stereocenters. The van der Waals surface area contributed by atoms with Gasteiger partial charge in [-0.1, -0.05) is 25.3 Å². The molecule has 3 nitrogen and oxygen atoms in total. The lowest BCUT2D eigenvalue weighted by atomic mass is 10.1. The highest BCUT2D eigenvalue weighted by atomic mass is 16.4. The quantitative estimate of drug-likeness (QED) is 0.766. The van der Waals surface area contributed by atoms with Gasteiger partial charge in [-0.2, -0.15) is 0 Å². The van der Waals surface area contributed by atoms with Gasteiger partial charge in [-0.3, -0.25) is 0 Å². The number of aromatic carboxylic acids is 1. The summed E-state index contributed by atoms with van der Waals surface area (Å²) in [5.41, 5.74) is 1.85. The predicted octanol–water partition coefficient (Wildman–Crippen LogP) is 2.91. The second-order valence-corrected chi connectivity index (χ2v) is 4.01. The van der Waals surface area contributed by atoms with Crippen molar-refractivity contribution in [2.24, 2.45) is 0 Å². The van der Waals surface area contributed by atoms with E-state index in [0.29, 0.717) is 5.69 Å². The van der Waals surface area contributed by atoms with Crippen molar-refractivity contribution in [2.75, 3.05) is 5.32 Å². The Bertz CT molecular complexity index is 446. The molecule has 0 aliphatic carbocycles. The zero-order valence-electron chi connectivity index (χ0n) is 10.2. The fourth-order valence-electron chi connectivity index (χ4n) is 1.64. The minimum Gasteiger partial charge on any atom is -0.478 e. The van der Waals surface area contributed by atoms with E-state index >= 15 is 0 Å². The van der Waals surface area contributed by atoms with E-state index in [9.17, 15) is 4.79 Å². The molecule has 17 heavy (non-hydrogen) atoms. The monoisotopic (exact) mass is 231 g/mol. The van der Waals surface area contributed by atoms with E-state index < -0.39 is 5.97 Å². The molecule has 1 aromatic carbocycles. The molecule has 2 N–H and O–H groups in total. The first-order valence-corrected chi connectivity index (χ1v) is 5.65. The Morgan fingerprint density at radius 2 is 2.29 bits per heavy atom. The van der Waals surface area contributed by atoms with Gasteiger partial charge in [-0.05, 0) is 31.0 Å². The first-order valence-electron chi connectivity index (χ1n) is 5.65. The molecule has 0 saturated heterocycles. The van der Waals surface area contributed by atoms with E-state index in [1.165, 1.54) is 0 Å². The van der Waals surface area contributed by atoms with E-state index in [0.717, 1.165) is 18.4 Å². The van der Waals surface area contributed by atoms with Crippen molar-refractivity contribution in [1.82, 2.24) is 0 Å². The molecule has 1 aromatic rings. The third kappa shape index (κ3) is 3.53. The molecular formula is C14H17NO2. The molecule has 0 aliphatic rings. The smallest absolute Gasteiger partial charge is 0.337 e. The molecule has 3 heteroatoms. The number of carboxylic acids is 1. The van der Waals surface area contributed by atoms with E-state index in [2.05, 4.69) is 11.2 Å². The van der Waals surface area contributed by atoms with Crippen LogP contribution in [0.3, 0.4) is 0 Å². The topological polar surface area (TPSA) is 49.3 Å². The molecular weight excluding hydrogens is 214 g/mol. The molecule has 0 bridgehead atoms.